The highest BCUT2D eigenvalue weighted by Gasteiger charge is 2.39. The topological polar surface area (TPSA) is 15.7 Å². The number of ether oxygens (including phenoxy) is 1. The van der Waals surface area contributed by atoms with Gasteiger partial charge in [0.05, 0.1) is 6.61 Å². The second-order valence-corrected chi connectivity index (χ2v) is 7.49. The normalized spacial score (nSPS) is 25.9. The molecule has 0 saturated carbocycles. The fourth-order valence-electron chi connectivity index (χ4n) is 3.62. The van der Waals surface area contributed by atoms with Gasteiger partial charge in [0, 0.05) is 19.2 Å². The van der Waals surface area contributed by atoms with Gasteiger partial charge in [-0.1, -0.05) is 0 Å². The molecule has 0 aliphatic carbocycles. The lowest BCUT2D eigenvalue weighted by Crippen LogP contribution is -2.52. The first-order valence-electron chi connectivity index (χ1n) is 7.92. The van der Waals surface area contributed by atoms with Crippen molar-refractivity contribution in [3.8, 4) is 0 Å². The van der Waals surface area contributed by atoms with Crippen LogP contribution in [-0.2, 0) is 4.74 Å². The molecule has 0 aromatic heterocycles. The van der Waals surface area contributed by atoms with Crippen LogP contribution in [0.5, 0.6) is 0 Å². The van der Waals surface area contributed by atoms with Gasteiger partial charge in [-0.15, -0.1) is 0 Å². The predicted octanol–water partition coefficient (Wildman–Crippen LogP) is 2.61. The van der Waals surface area contributed by atoms with Gasteiger partial charge in [0.2, 0.25) is 0 Å². The van der Waals surface area contributed by atoms with E-state index in [-0.39, 0.29) is 0 Å². The first-order valence-corrected chi connectivity index (χ1v) is 7.92. The van der Waals surface area contributed by atoms with E-state index in [1.165, 1.54) is 51.9 Å². The van der Waals surface area contributed by atoms with Crippen molar-refractivity contribution in [1.82, 2.24) is 9.80 Å². The molecule has 0 bridgehead atoms. The molecule has 112 valence electrons. The number of rotatable bonds is 3. The standard InChI is InChI=1S/C16H32N2O/c1-15(2,3)18-11-7-16(8-12-18)5-9-17(10-6-16)13-14-19-4/h5-14H2,1-4H3. The van der Waals surface area contributed by atoms with Crippen molar-refractivity contribution in [2.24, 2.45) is 5.41 Å². The second-order valence-electron chi connectivity index (χ2n) is 7.49. The van der Waals surface area contributed by atoms with Crippen LogP contribution in [0.1, 0.15) is 46.5 Å². The van der Waals surface area contributed by atoms with Crippen LogP contribution < -0.4 is 0 Å². The highest BCUT2D eigenvalue weighted by molar-refractivity contribution is 4.93. The van der Waals surface area contributed by atoms with Gasteiger partial charge < -0.3 is 9.64 Å². The van der Waals surface area contributed by atoms with E-state index < -0.39 is 0 Å². The number of methoxy groups -OCH3 is 1. The summed E-state index contributed by atoms with van der Waals surface area (Å²) in [6, 6.07) is 0. The number of hydrogen-bond acceptors (Lipinski definition) is 3. The average molecular weight is 268 g/mol. The number of nitrogens with zero attached hydrogens (tertiary/aromatic N) is 2. The molecule has 3 heteroatoms. The van der Waals surface area contributed by atoms with E-state index in [9.17, 15) is 0 Å². The summed E-state index contributed by atoms with van der Waals surface area (Å²) in [5, 5.41) is 0. The zero-order valence-corrected chi connectivity index (χ0v) is 13.4. The minimum atomic E-state index is 0.348. The molecule has 2 rings (SSSR count). The van der Waals surface area contributed by atoms with Crippen LogP contribution in [-0.4, -0.2) is 61.8 Å². The molecule has 2 fully saturated rings. The highest BCUT2D eigenvalue weighted by atomic mass is 16.5. The van der Waals surface area contributed by atoms with E-state index in [0.29, 0.717) is 11.0 Å². The summed E-state index contributed by atoms with van der Waals surface area (Å²) in [7, 11) is 1.80. The molecule has 2 aliphatic rings. The summed E-state index contributed by atoms with van der Waals surface area (Å²) < 4.78 is 5.18. The van der Waals surface area contributed by atoms with Crippen LogP contribution in [0.2, 0.25) is 0 Å². The Kier molecular flexibility index (Phi) is 4.91. The van der Waals surface area contributed by atoms with Crippen LogP contribution >= 0.6 is 0 Å². The van der Waals surface area contributed by atoms with Crippen molar-refractivity contribution in [2.45, 2.75) is 52.0 Å². The zero-order valence-electron chi connectivity index (χ0n) is 13.4. The molecule has 0 aromatic rings. The number of hydrogen-bond donors (Lipinski definition) is 0. The molecule has 0 N–H and O–H groups in total. The fraction of sp³-hybridized carbons (Fsp3) is 1.00. The van der Waals surface area contributed by atoms with E-state index in [1.54, 1.807) is 7.11 Å². The summed E-state index contributed by atoms with van der Waals surface area (Å²) in [5.41, 5.74) is 1.01. The maximum Gasteiger partial charge on any atom is 0.0589 e. The third-order valence-electron chi connectivity index (χ3n) is 5.30. The van der Waals surface area contributed by atoms with E-state index in [4.69, 9.17) is 4.74 Å². The van der Waals surface area contributed by atoms with Crippen molar-refractivity contribution in [3.63, 3.8) is 0 Å². The maximum atomic E-state index is 5.18. The Balaban J connectivity index is 1.78. The van der Waals surface area contributed by atoms with Gasteiger partial charge in [-0.25, -0.2) is 0 Å². The Morgan fingerprint density at radius 3 is 1.95 bits per heavy atom. The number of likely N-dealkylation sites (tertiary alicyclic amines) is 2. The van der Waals surface area contributed by atoms with Crippen molar-refractivity contribution in [1.29, 1.82) is 0 Å². The predicted molar refractivity (Wildman–Crippen MR) is 80.5 cm³/mol. The van der Waals surface area contributed by atoms with Crippen LogP contribution in [0.4, 0.5) is 0 Å². The molecule has 0 radical (unpaired) electrons. The van der Waals surface area contributed by atoms with E-state index >= 15 is 0 Å². The zero-order chi connectivity index (χ0) is 13.9. The molecule has 1 spiro atoms. The Morgan fingerprint density at radius 2 is 1.47 bits per heavy atom. The van der Waals surface area contributed by atoms with Crippen molar-refractivity contribution >= 4 is 0 Å². The van der Waals surface area contributed by atoms with Gasteiger partial charge in [0.1, 0.15) is 0 Å². The summed E-state index contributed by atoms with van der Waals surface area (Å²) >= 11 is 0. The molecular weight excluding hydrogens is 236 g/mol. The lowest BCUT2D eigenvalue weighted by Gasteiger charge is -2.50. The molecule has 2 saturated heterocycles. The Hall–Kier alpha value is -0.120. The van der Waals surface area contributed by atoms with Gasteiger partial charge in [-0.2, -0.15) is 0 Å². The molecule has 0 aromatic carbocycles. The Morgan fingerprint density at radius 1 is 0.947 bits per heavy atom. The van der Waals surface area contributed by atoms with Crippen LogP contribution in [0.15, 0.2) is 0 Å². The third-order valence-corrected chi connectivity index (χ3v) is 5.30. The van der Waals surface area contributed by atoms with Crippen LogP contribution in [0, 0.1) is 5.41 Å². The second kappa shape index (κ2) is 6.11. The Bertz CT molecular complexity index is 267. The number of piperidine rings is 2. The maximum absolute atomic E-state index is 5.18. The highest BCUT2D eigenvalue weighted by Crippen LogP contribution is 2.42. The first-order chi connectivity index (χ1) is 8.95. The van der Waals surface area contributed by atoms with E-state index in [2.05, 4.69) is 30.6 Å². The van der Waals surface area contributed by atoms with Crippen LogP contribution in [0.3, 0.4) is 0 Å². The minimum absolute atomic E-state index is 0.348. The van der Waals surface area contributed by atoms with Gasteiger partial charge in [-0.05, 0) is 78.0 Å². The van der Waals surface area contributed by atoms with Gasteiger partial charge >= 0.3 is 0 Å². The largest absolute Gasteiger partial charge is 0.383 e. The lowest BCUT2D eigenvalue weighted by atomic mass is 9.70. The first kappa shape index (κ1) is 15.3. The van der Waals surface area contributed by atoms with Gasteiger partial charge in [0.15, 0.2) is 0 Å². The molecule has 0 unspecified atom stereocenters. The summed E-state index contributed by atoms with van der Waals surface area (Å²) in [4.78, 5) is 5.24. The fourth-order valence-corrected chi connectivity index (χ4v) is 3.62. The molecule has 2 heterocycles. The molecule has 0 amide bonds. The van der Waals surface area contributed by atoms with Gasteiger partial charge in [0.25, 0.3) is 0 Å². The van der Waals surface area contributed by atoms with Gasteiger partial charge in [-0.3, -0.25) is 4.90 Å². The Labute approximate surface area is 119 Å². The molecule has 0 atom stereocenters. The third kappa shape index (κ3) is 3.93. The summed E-state index contributed by atoms with van der Waals surface area (Å²) in [6.45, 7) is 14.2. The SMILES string of the molecule is COCCN1CCC2(CC1)CCN(C(C)(C)C)CC2. The molecule has 19 heavy (non-hydrogen) atoms. The minimum Gasteiger partial charge on any atom is -0.383 e. The lowest BCUT2D eigenvalue weighted by molar-refractivity contribution is -0.000476. The average Bonchev–Trinajstić information content (AvgIpc) is 2.38. The molecule has 2 aliphatic heterocycles. The monoisotopic (exact) mass is 268 g/mol. The van der Waals surface area contributed by atoms with Crippen molar-refractivity contribution < 1.29 is 4.74 Å². The summed E-state index contributed by atoms with van der Waals surface area (Å²) in [5.74, 6) is 0. The van der Waals surface area contributed by atoms with E-state index in [1.807, 2.05) is 0 Å². The molecular formula is C16H32N2O. The van der Waals surface area contributed by atoms with Crippen molar-refractivity contribution in [2.75, 3.05) is 46.4 Å². The quantitative estimate of drug-likeness (QED) is 0.782. The smallest absolute Gasteiger partial charge is 0.0589 e. The van der Waals surface area contributed by atoms with Crippen molar-refractivity contribution in [3.05, 3.63) is 0 Å². The van der Waals surface area contributed by atoms with E-state index in [0.717, 1.165) is 13.2 Å². The summed E-state index contributed by atoms with van der Waals surface area (Å²) in [6.07, 6.45) is 5.61. The molecule has 3 nitrogen and oxygen atoms in total. The van der Waals surface area contributed by atoms with Crippen LogP contribution in [0.25, 0.3) is 0 Å².